The maximum Gasteiger partial charge on any atom is 0.192 e. The van der Waals surface area contributed by atoms with Crippen molar-refractivity contribution < 1.29 is 14.6 Å². The van der Waals surface area contributed by atoms with Gasteiger partial charge in [0, 0.05) is 13.2 Å². The van der Waals surface area contributed by atoms with Crippen LogP contribution in [0.25, 0.3) is 0 Å². The summed E-state index contributed by atoms with van der Waals surface area (Å²) in [6.45, 7) is 4.82. The van der Waals surface area contributed by atoms with Gasteiger partial charge in [-0.05, 0) is 19.4 Å². The van der Waals surface area contributed by atoms with Crippen LogP contribution in [0.5, 0.6) is 0 Å². The highest BCUT2D eigenvalue weighted by Crippen LogP contribution is 2.30. The Hall–Kier alpha value is -1.76. The second-order valence-electron chi connectivity index (χ2n) is 4.63. The fourth-order valence-corrected chi connectivity index (χ4v) is 2.22. The first-order valence-corrected chi connectivity index (χ1v) is 7.04. The SMILES string of the molecule is CCOC(OCC)[C@@](O)(Cn1cncn1)c1ccccc1. The van der Waals surface area contributed by atoms with Gasteiger partial charge in [-0.25, -0.2) is 9.67 Å². The minimum atomic E-state index is -1.35. The lowest BCUT2D eigenvalue weighted by atomic mass is 9.92. The van der Waals surface area contributed by atoms with Crippen molar-refractivity contribution >= 4 is 0 Å². The van der Waals surface area contributed by atoms with Crippen LogP contribution in [0.2, 0.25) is 0 Å². The molecule has 0 bridgehead atoms. The Morgan fingerprint density at radius 3 is 2.38 bits per heavy atom. The summed E-state index contributed by atoms with van der Waals surface area (Å²) in [6.07, 6.45) is 2.21. The molecule has 0 fully saturated rings. The van der Waals surface area contributed by atoms with Crippen LogP contribution in [-0.4, -0.2) is 39.4 Å². The van der Waals surface area contributed by atoms with Crippen LogP contribution < -0.4 is 0 Å². The largest absolute Gasteiger partial charge is 0.378 e. The summed E-state index contributed by atoms with van der Waals surface area (Å²) in [6, 6.07) is 9.34. The highest BCUT2D eigenvalue weighted by atomic mass is 16.7. The van der Waals surface area contributed by atoms with Crippen LogP contribution in [0.4, 0.5) is 0 Å². The summed E-state index contributed by atoms with van der Waals surface area (Å²) < 4.78 is 12.8. The van der Waals surface area contributed by atoms with E-state index in [9.17, 15) is 5.11 Å². The summed E-state index contributed by atoms with van der Waals surface area (Å²) in [4.78, 5) is 3.91. The molecular weight excluding hydrogens is 270 g/mol. The topological polar surface area (TPSA) is 69.4 Å². The lowest BCUT2D eigenvalue weighted by molar-refractivity contribution is -0.245. The van der Waals surface area contributed by atoms with Crippen molar-refractivity contribution in [3.05, 3.63) is 48.5 Å². The van der Waals surface area contributed by atoms with E-state index in [4.69, 9.17) is 9.47 Å². The molecule has 0 spiro atoms. The fraction of sp³-hybridized carbons (Fsp3) is 0.467. The number of aromatic nitrogens is 3. The van der Waals surface area contributed by atoms with Gasteiger partial charge >= 0.3 is 0 Å². The molecule has 6 nitrogen and oxygen atoms in total. The molecule has 0 aliphatic carbocycles. The maximum atomic E-state index is 11.2. The summed E-state index contributed by atoms with van der Waals surface area (Å²) >= 11 is 0. The van der Waals surface area contributed by atoms with Crippen LogP contribution in [0.1, 0.15) is 19.4 Å². The molecule has 1 aromatic heterocycles. The highest BCUT2D eigenvalue weighted by molar-refractivity contribution is 5.23. The third-order valence-corrected chi connectivity index (χ3v) is 3.17. The molecule has 0 saturated heterocycles. The van der Waals surface area contributed by atoms with Crippen LogP contribution >= 0.6 is 0 Å². The number of ether oxygens (including phenoxy) is 2. The van der Waals surface area contributed by atoms with Gasteiger partial charge in [-0.2, -0.15) is 5.10 Å². The third-order valence-electron chi connectivity index (χ3n) is 3.17. The minimum Gasteiger partial charge on any atom is -0.378 e. The highest BCUT2D eigenvalue weighted by Gasteiger charge is 2.41. The molecule has 0 unspecified atom stereocenters. The third kappa shape index (κ3) is 3.66. The first-order valence-electron chi connectivity index (χ1n) is 7.04. The van der Waals surface area contributed by atoms with Crippen molar-refractivity contribution in [2.24, 2.45) is 0 Å². The molecule has 0 aliphatic heterocycles. The van der Waals surface area contributed by atoms with E-state index in [2.05, 4.69) is 10.1 Å². The van der Waals surface area contributed by atoms with Crippen LogP contribution in [0.15, 0.2) is 43.0 Å². The molecule has 114 valence electrons. The minimum absolute atomic E-state index is 0.196. The first kappa shape index (κ1) is 15.6. The number of rotatable bonds is 8. The molecule has 0 saturated carbocycles. The second-order valence-corrected chi connectivity index (χ2v) is 4.63. The van der Waals surface area contributed by atoms with Crippen molar-refractivity contribution in [3.63, 3.8) is 0 Å². The molecule has 2 rings (SSSR count). The molecule has 0 aliphatic rings. The van der Waals surface area contributed by atoms with E-state index in [1.807, 2.05) is 44.2 Å². The lowest BCUT2D eigenvalue weighted by Gasteiger charge is -2.35. The summed E-state index contributed by atoms with van der Waals surface area (Å²) in [5, 5.41) is 15.3. The van der Waals surface area contributed by atoms with Crippen molar-refractivity contribution in [2.45, 2.75) is 32.3 Å². The number of benzene rings is 1. The van der Waals surface area contributed by atoms with Crippen molar-refractivity contribution in [1.29, 1.82) is 0 Å². The van der Waals surface area contributed by atoms with Gasteiger partial charge in [0.2, 0.25) is 0 Å². The average Bonchev–Trinajstić information content (AvgIpc) is 3.00. The number of nitrogens with zero attached hydrogens (tertiary/aromatic N) is 3. The number of hydrogen-bond donors (Lipinski definition) is 1. The molecule has 1 atom stereocenters. The molecule has 21 heavy (non-hydrogen) atoms. The monoisotopic (exact) mass is 291 g/mol. The molecule has 1 aromatic carbocycles. The Kier molecular flexibility index (Phi) is 5.44. The van der Waals surface area contributed by atoms with Gasteiger partial charge in [-0.15, -0.1) is 0 Å². The van der Waals surface area contributed by atoms with Crippen molar-refractivity contribution in [2.75, 3.05) is 13.2 Å². The summed E-state index contributed by atoms with van der Waals surface area (Å²) in [5.41, 5.74) is -0.631. The van der Waals surface area contributed by atoms with E-state index in [0.29, 0.717) is 18.8 Å². The van der Waals surface area contributed by atoms with Crippen LogP contribution in [-0.2, 0) is 21.6 Å². The first-order chi connectivity index (χ1) is 10.2. The Morgan fingerprint density at radius 2 is 1.86 bits per heavy atom. The molecule has 0 radical (unpaired) electrons. The van der Waals surface area contributed by atoms with E-state index in [1.54, 1.807) is 11.0 Å². The Labute approximate surface area is 124 Å². The standard InChI is InChI=1S/C15H21N3O3/c1-3-20-14(21-4-2)15(19,10-18-12-16-11-17-18)13-8-6-5-7-9-13/h5-9,11-12,14,19H,3-4,10H2,1-2H3/t15-/m1/s1. The molecular formula is C15H21N3O3. The zero-order chi connectivity index (χ0) is 15.1. The van der Waals surface area contributed by atoms with Gasteiger partial charge in [-0.1, -0.05) is 30.3 Å². The fourth-order valence-electron chi connectivity index (χ4n) is 2.22. The van der Waals surface area contributed by atoms with Gasteiger partial charge in [-0.3, -0.25) is 0 Å². The lowest BCUT2D eigenvalue weighted by Crippen LogP contribution is -2.46. The van der Waals surface area contributed by atoms with E-state index >= 15 is 0 Å². The Balaban J connectivity index is 2.36. The summed E-state index contributed by atoms with van der Waals surface area (Å²) in [5.74, 6) is 0. The number of hydrogen-bond acceptors (Lipinski definition) is 5. The predicted octanol–water partition coefficient (Wildman–Crippen LogP) is 1.56. The summed E-state index contributed by atoms with van der Waals surface area (Å²) in [7, 11) is 0. The van der Waals surface area contributed by atoms with Crippen LogP contribution in [0.3, 0.4) is 0 Å². The van der Waals surface area contributed by atoms with E-state index < -0.39 is 11.9 Å². The van der Waals surface area contributed by atoms with E-state index in [0.717, 1.165) is 0 Å². The van der Waals surface area contributed by atoms with Gasteiger partial charge in [0.1, 0.15) is 12.7 Å². The molecule has 2 aromatic rings. The molecule has 1 heterocycles. The quantitative estimate of drug-likeness (QED) is 0.748. The van der Waals surface area contributed by atoms with Gasteiger partial charge in [0.05, 0.1) is 6.54 Å². The zero-order valence-corrected chi connectivity index (χ0v) is 12.3. The second kappa shape index (κ2) is 7.31. The van der Waals surface area contributed by atoms with Crippen molar-refractivity contribution in [1.82, 2.24) is 14.8 Å². The predicted molar refractivity (Wildman–Crippen MR) is 77.4 cm³/mol. The zero-order valence-electron chi connectivity index (χ0n) is 12.3. The number of aliphatic hydroxyl groups is 1. The molecule has 1 N–H and O–H groups in total. The average molecular weight is 291 g/mol. The molecule has 6 heteroatoms. The smallest absolute Gasteiger partial charge is 0.192 e. The Morgan fingerprint density at radius 1 is 1.19 bits per heavy atom. The normalized spacial score (nSPS) is 14.3. The molecule has 0 amide bonds. The van der Waals surface area contributed by atoms with Crippen LogP contribution in [0, 0.1) is 0 Å². The van der Waals surface area contributed by atoms with E-state index in [1.165, 1.54) is 6.33 Å². The Bertz CT molecular complexity index is 512. The van der Waals surface area contributed by atoms with E-state index in [-0.39, 0.29) is 6.54 Å². The van der Waals surface area contributed by atoms with Gasteiger partial charge < -0.3 is 14.6 Å². The maximum absolute atomic E-state index is 11.2. The van der Waals surface area contributed by atoms with Gasteiger partial charge in [0.25, 0.3) is 0 Å². The van der Waals surface area contributed by atoms with Crippen molar-refractivity contribution in [3.8, 4) is 0 Å². The van der Waals surface area contributed by atoms with Gasteiger partial charge in [0.15, 0.2) is 11.9 Å².